The lowest BCUT2D eigenvalue weighted by molar-refractivity contribution is 0.105. The first-order chi connectivity index (χ1) is 8.10. The van der Waals surface area contributed by atoms with Crippen LogP contribution in [0.4, 0.5) is 0 Å². The fraction of sp³-hybridized carbons (Fsp3) is 0.615. The van der Waals surface area contributed by atoms with E-state index in [1.54, 1.807) is 6.07 Å². The van der Waals surface area contributed by atoms with E-state index in [0.29, 0.717) is 0 Å². The molecule has 0 spiro atoms. The molecule has 0 aliphatic heterocycles. The zero-order valence-electron chi connectivity index (χ0n) is 10.7. The molecule has 0 N–H and O–H groups in total. The fourth-order valence-corrected chi connectivity index (χ4v) is 1.95. The molecular weight excluding hydrogens is 238 g/mol. The molecule has 3 nitrogen and oxygen atoms in total. The molecule has 1 unspecified atom stereocenters. The minimum atomic E-state index is -0.542. The zero-order chi connectivity index (χ0) is 12.8. The normalized spacial score (nSPS) is 13.0. The summed E-state index contributed by atoms with van der Waals surface area (Å²) in [6.45, 7) is 8.39. The minimum Gasteiger partial charge on any atom is -0.455 e. The van der Waals surface area contributed by atoms with Gasteiger partial charge in [-0.05, 0) is 50.2 Å². The van der Waals surface area contributed by atoms with Gasteiger partial charge in [0.2, 0.25) is 0 Å². The molecule has 1 rings (SSSR count). The van der Waals surface area contributed by atoms with Crippen molar-refractivity contribution in [3.05, 3.63) is 23.7 Å². The maximum absolute atomic E-state index is 11.0. The average molecular weight is 258 g/mol. The molecule has 0 aliphatic carbocycles. The van der Waals surface area contributed by atoms with E-state index in [0.717, 1.165) is 18.8 Å². The molecule has 0 saturated carbocycles. The molecule has 96 valence electrons. The summed E-state index contributed by atoms with van der Waals surface area (Å²) in [5.74, 6) is 1.02. The van der Waals surface area contributed by atoms with Gasteiger partial charge in [0.15, 0.2) is 5.76 Å². The lowest BCUT2D eigenvalue weighted by Gasteiger charge is -2.26. The van der Waals surface area contributed by atoms with Gasteiger partial charge >= 0.3 is 0 Å². The van der Waals surface area contributed by atoms with E-state index in [-0.39, 0.29) is 11.8 Å². The molecule has 1 atom stereocenters. The number of hydrogen-bond donors (Lipinski definition) is 0. The van der Waals surface area contributed by atoms with Gasteiger partial charge < -0.3 is 4.42 Å². The Morgan fingerprint density at radius 2 is 2.18 bits per heavy atom. The van der Waals surface area contributed by atoms with Gasteiger partial charge in [-0.15, -0.1) is 0 Å². The second-order valence-corrected chi connectivity index (χ2v) is 4.48. The molecule has 0 aliphatic rings. The Morgan fingerprint density at radius 3 is 2.65 bits per heavy atom. The highest BCUT2D eigenvalue weighted by Crippen LogP contribution is 2.23. The van der Waals surface area contributed by atoms with Crippen molar-refractivity contribution in [1.82, 2.24) is 4.90 Å². The standard InChI is InChI=1S/C13H20ClNO2/c1-4-6-9-15(5-2)10(3)11-7-8-12(17-11)13(14)16/h7-8,10H,4-6,9H2,1-3H3. The van der Waals surface area contributed by atoms with E-state index in [9.17, 15) is 4.79 Å². The number of carbonyl (C=O) groups is 1. The number of unbranched alkanes of at least 4 members (excludes halogenated alkanes) is 1. The first kappa shape index (κ1) is 14.3. The molecule has 0 aromatic carbocycles. The predicted octanol–water partition coefficient (Wildman–Crippen LogP) is 3.84. The van der Waals surface area contributed by atoms with Crippen molar-refractivity contribution in [1.29, 1.82) is 0 Å². The van der Waals surface area contributed by atoms with E-state index in [1.165, 1.54) is 12.8 Å². The third-order valence-electron chi connectivity index (χ3n) is 2.99. The summed E-state index contributed by atoms with van der Waals surface area (Å²) < 4.78 is 5.45. The maximum atomic E-state index is 11.0. The van der Waals surface area contributed by atoms with Crippen LogP contribution in [0, 0.1) is 0 Å². The van der Waals surface area contributed by atoms with Crippen LogP contribution < -0.4 is 0 Å². The highest BCUT2D eigenvalue weighted by Gasteiger charge is 2.18. The van der Waals surface area contributed by atoms with Gasteiger partial charge in [0.05, 0.1) is 6.04 Å². The van der Waals surface area contributed by atoms with Crippen LogP contribution in [0.3, 0.4) is 0 Å². The number of halogens is 1. The summed E-state index contributed by atoms with van der Waals surface area (Å²) in [5, 5.41) is -0.542. The number of carbonyl (C=O) groups excluding carboxylic acids is 1. The van der Waals surface area contributed by atoms with Crippen LogP contribution in [-0.2, 0) is 0 Å². The van der Waals surface area contributed by atoms with Crippen molar-refractivity contribution in [2.24, 2.45) is 0 Å². The Morgan fingerprint density at radius 1 is 1.47 bits per heavy atom. The number of rotatable bonds is 7. The lowest BCUT2D eigenvalue weighted by Crippen LogP contribution is -2.27. The second kappa shape index (κ2) is 6.82. The summed E-state index contributed by atoms with van der Waals surface area (Å²) in [7, 11) is 0. The molecule has 4 heteroatoms. The van der Waals surface area contributed by atoms with E-state index in [1.807, 2.05) is 6.07 Å². The number of hydrogen-bond acceptors (Lipinski definition) is 3. The Bertz CT molecular complexity index is 362. The van der Waals surface area contributed by atoms with E-state index in [4.69, 9.17) is 16.0 Å². The van der Waals surface area contributed by atoms with Crippen molar-refractivity contribution < 1.29 is 9.21 Å². The first-order valence-electron chi connectivity index (χ1n) is 6.13. The summed E-state index contributed by atoms with van der Waals surface area (Å²) in [4.78, 5) is 13.3. The van der Waals surface area contributed by atoms with Crippen LogP contribution in [0.5, 0.6) is 0 Å². The third kappa shape index (κ3) is 3.86. The Labute approximate surface area is 108 Å². The van der Waals surface area contributed by atoms with Gasteiger partial charge in [-0.1, -0.05) is 20.3 Å². The topological polar surface area (TPSA) is 33.5 Å². The van der Waals surface area contributed by atoms with E-state index in [2.05, 4.69) is 25.7 Å². The van der Waals surface area contributed by atoms with Crippen molar-refractivity contribution >= 4 is 16.8 Å². The van der Waals surface area contributed by atoms with Gasteiger partial charge in [0, 0.05) is 0 Å². The fourth-order valence-electron chi connectivity index (χ4n) is 1.85. The minimum absolute atomic E-state index is 0.177. The van der Waals surface area contributed by atoms with E-state index < -0.39 is 5.24 Å². The molecule has 1 aromatic heterocycles. The highest BCUT2D eigenvalue weighted by atomic mass is 35.5. The summed E-state index contributed by atoms with van der Waals surface area (Å²) >= 11 is 5.37. The van der Waals surface area contributed by atoms with Crippen molar-refractivity contribution in [3.63, 3.8) is 0 Å². The lowest BCUT2D eigenvalue weighted by atomic mass is 10.2. The Balaban J connectivity index is 2.71. The smallest absolute Gasteiger partial charge is 0.287 e. The summed E-state index contributed by atoms with van der Waals surface area (Å²) in [6, 6.07) is 3.64. The Hall–Kier alpha value is -0.800. The molecule has 17 heavy (non-hydrogen) atoms. The van der Waals surface area contributed by atoms with Crippen molar-refractivity contribution in [2.75, 3.05) is 13.1 Å². The van der Waals surface area contributed by atoms with Gasteiger partial charge in [-0.25, -0.2) is 0 Å². The number of furan rings is 1. The highest BCUT2D eigenvalue weighted by molar-refractivity contribution is 6.67. The van der Waals surface area contributed by atoms with E-state index >= 15 is 0 Å². The Kier molecular flexibility index (Phi) is 5.72. The molecule has 0 radical (unpaired) electrons. The summed E-state index contributed by atoms with van der Waals surface area (Å²) in [5.41, 5.74) is 0. The van der Waals surface area contributed by atoms with Gasteiger partial charge in [0.1, 0.15) is 5.76 Å². The van der Waals surface area contributed by atoms with Crippen molar-refractivity contribution in [2.45, 2.75) is 39.7 Å². The molecule has 0 saturated heterocycles. The number of nitrogens with zero attached hydrogens (tertiary/aromatic N) is 1. The molecule has 0 amide bonds. The van der Waals surface area contributed by atoms with Gasteiger partial charge in [-0.2, -0.15) is 0 Å². The molecule has 0 bridgehead atoms. The van der Waals surface area contributed by atoms with Crippen LogP contribution in [0.1, 0.15) is 56.0 Å². The third-order valence-corrected chi connectivity index (χ3v) is 3.17. The molecular formula is C13H20ClNO2. The SMILES string of the molecule is CCCCN(CC)C(C)c1ccc(C(=O)Cl)o1. The molecule has 0 fully saturated rings. The maximum Gasteiger partial charge on any atom is 0.287 e. The second-order valence-electron chi connectivity index (χ2n) is 4.13. The van der Waals surface area contributed by atoms with Crippen LogP contribution >= 0.6 is 11.6 Å². The first-order valence-corrected chi connectivity index (χ1v) is 6.51. The quantitative estimate of drug-likeness (QED) is 0.696. The van der Waals surface area contributed by atoms with Crippen molar-refractivity contribution in [3.8, 4) is 0 Å². The van der Waals surface area contributed by atoms with Crippen LogP contribution in [0.25, 0.3) is 0 Å². The summed E-state index contributed by atoms with van der Waals surface area (Å²) in [6.07, 6.45) is 2.34. The van der Waals surface area contributed by atoms with Crippen LogP contribution in [0.15, 0.2) is 16.5 Å². The largest absolute Gasteiger partial charge is 0.455 e. The molecule has 1 heterocycles. The zero-order valence-corrected chi connectivity index (χ0v) is 11.5. The average Bonchev–Trinajstić information content (AvgIpc) is 2.79. The monoisotopic (exact) mass is 257 g/mol. The molecule has 1 aromatic rings. The predicted molar refractivity (Wildman–Crippen MR) is 69.5 cm³/mol. The van der Waals surface area contributed by atoms with Gasteiger partial charge in [0.25, 0.3) is 5.24 Å². The van der Waals surface area contributed by atoms with Crippen LogP contribution in [-0.4, -0.2) is 23.2 Å². The van der Waals surface area contributed by atoms with Crippen LogP contribution in [0.2, 0.25) is 0 Å². The van der Waals surface area contributed by atoms with Gasteiger partial charge in [-0.3, -0.25) is 9.69 Å².